The number of aryl methyl sites for hydroxylation is 1. The maximum Gasteiger partial charge on any atom is 0.268 e. The molecule has 0 bridgehead atoms. The van der Waals surface area contributed by atoms with Crippen molar-refractivity contribution in [2.45, 2.75) is 6.85 Å². The minimum atomic E-state index is -6.58. The third-order valence-electron chi connectivity index (χ3n) is 13.1. The molecular weight excluding hydrogens is 1170 g/mol. The van der Waals surface area contributed by atoms with Gasteiger partial charge >= 0.3 is 0 Å². The average molecular weight is 1260 g/mol. The second-order valence-electron chi connectivity index (χ2n) is 17.5. The predicted molar refractivity (Wildman–Crippen MR) is 325 cm³/mol. The van der Waals surface area contributed by atoms with E-state index < -0.39 is 250 Å². The van der Waals surface area contributed by atoms with Gasteiger partial charge in [0.25, 0.3) is 6.33 Å². The first-order chi connectivity index (χ1) is 52.7. The molecule has 11 aromatic carbocycles. The summed E-state index contributed by atoms with van der Waals surface area (Å²) in [4.78, 5) is 4.65. The molecule has 0 radical (unpaired) electrons. The van der Waals surface area contributed by atoms with Crippen molar-refractivity contribution in [2.24, 2.45) is 0 Å². The number of hydrogen-bond acceptors (Lipinski definition) is 2. The van der Waals surface area contributed by atoms with Gasteiger partial charge in [0, 0.05) is 54.0 Å². The van der Waals surface area contributed by atoms with Gasteiger partial charge in [-0.1, -0.05) is 235 Å². The van der Waals surface area contributed by atoms with Crippen LogP contribution in [0.25, 0.3) is 83.4 Å². The molecule has 0 fully saturated rings. The van der Waals surface area contributed by atoms with E-state index in [1.807, 2.05) is 0 Å². The SMILES string of the molecule is [2H]c1c([2H])c([2H])c(-c2cc(-c3c([2H])c([2H])c([2H])c([2H])c3[2H])c(-[n+]3[c-]n(-c4[c-]c(Oc5[c-]c6c(cc5)c5ccccc5n6-c5cc(C([2H])([2H])[2H])c(-c6c([2H])c([2H])c([2H])c([2H])c6[2H])cn5)ccc4)c4ccccc43)c([Si](c3c([2H])c([2H])c([2H])c([2H])c3[2H])(c3c([2H])c([2H])c([2H])c([2H])c3[2H])c3c([2H])c([2H])c([2H])c([2H])c3[2H])c2)c([2H])c1[2H].[Pt]. The number of pyridine rings is 1. The molecule has 14 aromatic rings. The van der Waals surface area contributed by atoms with Crippen LogP contribution in [-0.2, 0) is 21.1 Å². The molecule has 0 N–H and O–H groups in total. The fourth-order valence-electron chi connectivity index (χ4n) is 9.84. The summed E-state index contributed by atoms with van der Waals surface area (Å²) in [5.74, 6) is -0.0394. The van der Waals surface area contributed by atoms with Gasteiger partial charge in [0.2, 0.25) is 0 Å². The van der Waals surface area contributed by atoms with E-state index in [4.69, 9.17) is 25.3 Å². The van der Waals surface area contributed by atoms with Crippen molar-refractivity contribution in [1.82, 2.24) is 14.1 Å². The molecule has 14 rings (SSSR count). The summed E-state index contributed by atoms with van der Waals surface area (Å²) in [5.41, 5.74) is -3.66. The summed E-state index contributed by atoms with van der Waals surface area (Å²) in [7, 11) is -6.58. The maximum absolute atomic E-state index is 10.1. The molecule has 0 aliphatic heterocycles. The van der Waals surface area contributed by atoms with E-state index in [1.165, 1.54) is 47.0 Å². The Bertz CT molecular complexity index is 6180. The molecule has 0 aliphatic rings. The fraction of sp³-hybridized carbons (Fsp3) is 0.0137. The zero-order chi connectivity index (χ0) is 81.3. The van der Waals surface area contributed by atoms with Crippen molar-refractivity contribution in [1.29, 1.82) is 0 Å². The molecule has 0 saturated carbocycles. The first kappa shape index (κ1) is 25.6. The van der Waals surface area contributed by atoms with Crippen LogP contribution in [-0.4, -0.2) is 22.2 Å². The third-order valence-corrected chi connectivity index (χ3v) is 17.3. The first-order valence-electron chi connectivity index (χ1n) is 40.5. The smallest absolute Gasteiger partial charge is 0.268 e. The zero-order valence-corrected chi connectivity index (χ0v) is 44.1. The normalized spacial score (nSPS) is 17.4. The monoisotopic (exact) mass is 1250 g/mol. The van der Waals surface area contributed by atoms with Crippen LogP contribution in [0, 0.1) is 25.3 Å². The summed E-state index contributed by atoms with van der Waals surface area (Å²) in [6.45, 7) is -2.95. The largest absolute Gasteiger partial charge is 0.510 e. The molecule has 0 atom stereocenters. The number of hydrogen-bond donors (Lipinski definition) is 0. The molecule has 3 heterocycles. The zero-order valence-electron chi connectivity index (χ0n) is 73.8. The Morgan fingerprint density at radius 1 is 0.512 bits per heavy atom. The quantitative estimate of drug-likeness (QED) is 0.0529. The average Bonchev–Trinajstić information content (AvgIpc) is 0.891. The van der Waals surface area contributed by atoms with Crippen LogP contribution >= 0.6 is 0 Å². The Balaban J connectivity index is 0.0000112. The van der Waals surface area contributed by atoms with Gasteiger partial charge in [0.1, 0.15) is 5.82 Å². The molecule has 0 saturated heterocycles. The molecular formula is C73H50N4OPtSi-2. The van der Waals surface area contributed by atoms with Crippen LogP contribution in [0.4, 0.5) is 0 Å². The van der Waals surface area contributed by atoms with Gasteiger partial charge in [0.15, 0.2) is 8.07 Å². The standard InChI is InChI=1S/C73H50N4OSi.Pt/c1-52-45-72(74-50-66(52)55-29-12-4-13-30-55)77-67-40-21-20-39-63(67)64-44-43-59(49-70(64)77)78-58-32-24-31-57(48-58)75-51-76(69-42-23-22-41-68(69)75)73-65(54-27-10-3-11-28-54)46-56(53-25-8-2-9-26-53)47-71(73)79(60-33-14-5-15-34-60,61-35-16-6-17-36-61)62-37-18-7-19-38-62;/h2-47,50H,1H3;/q-2;/i1D3,2D,3D,4D,5D,6D,7D,8D,9D,10D,11D,12D,13D,14D,15D,16D,17D,18D,19D,25D,26D,27D,28D,29D,30D,33D,34D,35D,36D,37D,38D;. The molecule has 3 aromatic heterocycles. The van der Waals surface area contributed by atoms with Crippen molar-refractivity contribution in [3.8, 4) is 62.1 Å². The van der Waals surface area contributed by atoms with Crippen molar-refractivity contribution < 1.29 is 75.6 Å². The van der Waals surface area contributed by atoms with Gasteiger partial charge in [0.05, 0.1) is 57.8 Å². The Morgan fingerprint density at radius 3 is 1.71 bits per heavy atom. The van der Waals surface area contributed by atoms with Crippen molar-refractivity contribution in [3.63, 3.8) is 0 Å². The summed E-state index contributed by atoms with van der Waals surface area (Å²) in [6, 6.07) is -0.510. The van der Waals surface area contributed by atoms with Gasteiger partial charge in [-0.25, -0.2) is 4.98 Å². The number of nitrogens with zero attached hydrogens (tertiary/aromatic N) is 4. The molecule has 0 unspecified atom stereocenters. The van der Waals surface area contributed by atoms with Crippen LogP contribution in [0.15, 0.2) is 285 Å². The molecule has 0 spiro atoms. The third kappa shape index (κ3) is 8.80. The second kappa shape index (κ2) is 21.4. The number of fused-ring (bicyclic) bond motifs is 4. The Hall–Kier alpha value is -9.45. The van der Waals surface area contributed by atoms with Crippen molar-refractivity contribution >= 4 is 61.7 Å². The predicted octanol–water partition coefficient (Wildman–Crippen LogP) is 14.3. The second-order valence-corrected chi connectivity index (χ2v) is 21.0. The summed E-state index contributed by atoms with van der Waals surface area (Å²) in [6.07, 6.45) is 4.35. The topological polar surface area (TPSA) is 35.9 Å². The van der Waals surface area contributed by atoms with E-state index >= 15 is 0 Å². The van der Waals surface area contributed by atoms with E-state index in [0.717, 1.165) is 22.9 Å². The minimum Gasteiger partial charge on any atom is -0.510 e. The van der Waals surface area contributed by atoms with Crippen molar-refractivity contribution in [3.05, 3.63) is 309 Å². The Morgan fingerprint density at radius 2 is 1.07 bits per heavy atom. The Labute approximate surface area is 527 Å². The van der Waals surface area contributed by atoms with Gasteiger partial charge in [-0.05, 0) is 90.3 Å². The minimum absolute atomic E-state index is 0. The summed E-state index contributed by atoms with van der Waals surface area (Å²) >= 11 is 0. The number of imidazole rings is 1. The number of para-hydroxylation sites is 3. The number of benzene rings is 11. The number of rotatable bonds is 12. The van der Waals surface area contributed by atoms with Crippen molar-refractivity contribution in [2.75, 3.05) is 0 Å². The molecule has 0 aliphatic carbocycles. The number of aromatic nitrogens is 4. The van der Waals surface area contributed by atoms with E-state index in [0.29, 0.717) is 16.3 Å². The van der Waals surface area contributed by atoms with Gasteiger partial charge in [-0.3, -0.25) is 4.57 Å². The van der Waals surface area contributed by atoms with E-state index in [2.05, 4.69) is 23.4 Å². The van der Waals surface area contributed by atoms with Crippen LogP contribution in [0.1, 0.15) is 50.8 Å². The first-order valence-corrected chi connectivity index (χ1v) is 26.0. The summed E-state index contributed by atoms with van der Waals surface area (Å²) < 4.78 is 315. The molecule has 0 amide bonds. The van der Waals surface area contributed by atoms with E-state index in [9.17, 15) is 24.7 Å². The van der Waals surface area contributed by atoms with Crippen LogP contribution in [0.5, 0.6) is 11.5 Å². The van der Waals surface area contributed by atoms with Crippen LogP contribution in [0.2, 0.25) is 0 Å². The van der Waals surface area contributed by atoms with Crippen LogP contribution in [0.3, 0.4) is 0 Å². The van der Waals surface area contributed by atoms with E-state index in [-0.39, 0.29) is 71.7 Å². The van der Waals surface area contributed by atoms with Crippen LogP contribution < -0.4 is 30.1 Å². The van der Waals surface area contributed by atoms with Gasteiger partial charge in [-0.2, -0.15) is 18.2 Å². The molecule has 7 heteroatoms. The Kier molecular flexibility index (Phi) is 6.84. The molecule has 80 heavy (non-hydrogen) atoms. The fourth-order valence-corrected chi connectivity index (χ4v) is 13.9. The maximum atomic E-state index is 10.1. The summed E-state index contributed by atoms with van der Waals surface area (Å²) in [5, 5.41) is -2.80. The van der Waals surface area contributed by atoms with Gasteiger partial charge < -0.3 is 13.9 Å². The van der Waals surface area contributed by atoms with Gasteiger partial charge in [-0.15, -0.1) is 29.7 Å². The molecule has 384 valence electrons. The number of ether oxygens (including phenoxy) is 1. The van der Waals surface area contributed by atoms with E-state index in [1.54, 1.807) is 47.0 Å². The molecule has 5 nitrogen and oxygen atoms in total.